The molecule has 0 aliphatic carbocycles. The van der Waals surface area contributed by atoms with Crippen LogP contribution in [0.15, 0.2) is 18.6 Å². The number of nitrogen functional groups attached to an aromatic ring is 1. The predicted molar refractivity (Wildman–Crippen MR) is 35.2 cm³/mol. The normalized spacial score (nSPS) is 10.4. The Morgan fingerprint density at radius 1 is 1.50 bits per heavy atom. The highest BCUT2D eigenvalue weighted by molar-refractivity contribution is 5.39. The van der Waals surface area contributed by atoms with Crippen LogP contribution in [0.3, 0.4) is 0 Å². The second-order valence-electron chi connectivity index (χ2n) is 1.85. The van der Waals surface area contributed by atoms with Crippen molar-refractivity contribution < 1.29 is 0 Å². The standard InChI is InChI=1S/C5H5N5/c6-5-8-4-1-2-7-3-10(4)9-5/h1-3H,(H2,6,9). The maximum Gasteiger partial charge on any atom is 0.240 e. The molecule has 0 radical (unpaired) electrons. The SMILES string of the molecule is Nc1nc2ccncn2n1. The van der Waals surface area contributed by atoms with Gasteiger partial charge in [-0.05, 0) is 0 Å². The van der Waals surface area contributed by atoms with E-state index in [0.717, 1.165) is 0 Å². The Kier molecular flexibility index (Phi) is 0.858. The molecule has 0 unspecified atom stereocenters. The van der Waals surface area contributed by atoms with Gasteiger partial charge >= 0.3 is 0 Å². The third kappa shape index (κ3) is 0.604. The van der Waals surface area contributed by atoms with E-state index in [2.05, 4.69) is 15.1 Å². The molecule has 0 saturated carbocycles. The fourth-order valence-corrected chi connectivity index (χ4v) is 0.763. The molecule has 10 heavy (non-hydrogen) atoms. The number of rotatable bonds is 0. The molecule has 2 aromatic heterocycles. The summed E-state index contributed by atoms with van der Waals surface area (Å²) in [6, 6.07) is 1.74. The Morgan fingerprint density at radius 2 is 2.40 bits per heavy atom. The topological polar surface area (TPSA) is 69.1 Å². The Balaban J connectivity index is 2.88. The van der Waals surface area contributed by atoms with Gasteiger partial charge in [0.25, 0.3) is 0 Å². The highest BCUT2D eigenvalue weighted by Crippen LogP contribution is 1.97. The first-order valence-electron chi connectivity index (χ1n) is 2.78. The van der Waals surface area contributed by atoms with Crippen LogP contribution in [0.2, 0.25) is 0 Å². The molecule has 0 aliphatic rings. The molecular weight excluding hydrogens is 130 g/mol. The highest BCUT2D eigenvalue weighted by atomic mass is 15.3. The van der Waals surface area contributed by atoms with Gasteiger partial charge < -0.3 is 5.73 Å². The van der Waals surface area contributed by atoms with E-state index in [4.69, 9.17) is 5.73 Å². The van der Waals surface area contributed by atoms with Crippen molar-refractivity contribution >= 4 is 11.6 Å². The van der Waals surface area contributed by atoms with Crippen LogP contribution in [0.1, 0.15) is 0 Å². The summed E-state index contributed by atoms with van der Waals surface area (Å²) in [5.41, 5.74) is 6.04. The van der Waals surface area contributed by atoms with Gasteiger partial charge in [-0.2, -0.15) is 4.98 Å². The van der Waals surface area contributed by atoms with E-state index in [9.17, 15) is 0 Å². The molecule has 50 valence electrons. The minimum Gasteiger partial charge on any atom is -0.366 e. The van der Waals surface area contributed by atoms with Crippen molar-refractivity contribution in [1.82, 2.24) is 19.6 Å². The van der Waals surface area contributed by atoms with Gasteiger partial charge in [-0.15, -0.1) is 5.10 Å². The van der Waals surface area contributed by atoms with Gasteiger partial charge in [0.1, 0.15) is 6.33 Å². The van der Waals surface area contributed by atoms with E-state index in [0.29, 0.717) is 5.65 Å². The molecule has 5 heteroatoms. The fourth-order valence-electron chi connectivity index (χ4n) is 0.763. The van der Waals surface area contributed by atoms with Gasteiger partial charge in [-0.25, -0.2) is 9.50 Å². The first kappa shape index (κ1) is 5.16. The smallest absolute Gasteiger partial charge is 0.240 e. The van der Waals surface area contributed by atoms with Crippen LogP contribution in [0.5, 0.6) is 0 Å². The first-order valence-corrected chi connectivity index (χ1v) is 2.78. The van der Waals surface area contributed by atoms with E-state index < -0.39 is 0 Å². The quantitative estimate of drug-likeness (QED) is 0.538. The second kappa shape index (κ2) is 1.66. The number of aromatic nitrogens is 4. The number of anilines is 1. The summed E-state index contributed by atoms with van der Waals surface area (Å²) < 4.78 is 1.52. The lowest BCUT2D eigenvalue weighted by Crippen LogP contribution is -1.89. The van der Waals surface area contributed by atoms with Crippen molar-refractivity contribution in [3.05, 3.63) is 18.6 Å². The van der Waals surface area contributed by atoms with E-state index in [1.807, 2.05) is 0 Å². The fraction of sp³-hybridized carbons (Fsp3) is 0. The summed E-state index contributed by atoms with van der Waals surface area (Å²) in [6.07, 6.45) is 3.20. The second-order valence-corrected chi connectivity index (χ2v) is 1.85. The van der Waals surface area contributed by atoms with Crippen molar-refractivity contribution in [2.75, 3.05) is 5.73 Å². The predicted octanol–water partition coefficient (Wildman–Crippen LogP) is -0.294. The molecule has 2 rings (SSSR count). The van der Waals surface area contributed by atoms with Crippen molar-refractivity contribution in [3.8, 4) is 0 Å². The van der Waals surface area contributed by atoms with E-state index in [-0.39, 0.29) is 5.95 Å². The van der Waals surface area contributed by atoms with Crippen molar-refractivity contribution in [3.63, 3.8) is 0 Å². The molecule has 5 nitrogen and oxygen atoms in total. The van der Waals surface area contributed by atoms with Crippen molar-refractivity contribution in [2.24, 2.45) is 0 Å². The maximum atomic E-state index is 5.32. The molecule has 2 N–H and O–H groups in total. The molecule has 0 saturated heterocycles. The number of nitrogens with zero attached hydrogens (tertiary/aromatic N) is 4. The Morgan fingerprint density at radius 3 is 3.20 bits per heavy atom. The van der Waals surface area contributed by atoms with Crippen LogP contribution in [-0.4, -0.2) is 19.6 Å². The first-order chi connectivity index (χ1) is 4.86. The third-order valence-corrected chi connectivity index (χ3v) is 1.16. The highest BCUT2D eigenvalue weighted by Gasteiger charge is 1.95. The van der Waals surface area contributed by atoms with Crippen LogP contribution in [0, 0.1) is 0 Å². The summed E-state index contributed by atoms with van der Waals surface area (Å²) in [5.74, 6) is 0.271. The molecule has 2 heterocycles. The van der Waals surface area contributed by atoms with E-state index in [1.54, 1.807) is 18.6 Å². The summed E-state index contributed by atoms with van der Waals surface area (Å²) in [5, 5.41) is 3.83. The zero-order valence-corrected chi connectivity index (χ0v) is 5.10. The van der Waals surface area contributed by atoms with Crippen LogP contribution in [0.4, 0.5) is 5.95 Å². The molecule has 0 aromatic carbocycles. The summed E-state index contributed by atoms with van der Waals surface area (Å²) in [4.78, 5) is 7.73. The molecule has 0 atom stereocenters. The Hall–Kier alpha value is -1.65. The van der Waals surface area contributed by atoms with Gasteiger partial charge in [0, 0.05) is 12.3 Å². The summed E-state index contributed by atoms with van der Waals surface area (Å²) >= 11 is 0. The molecule has 0 spiro atoms. The van der Waals surface area contributed by atoms with Gasteiger partial charge in [-0.1, -0.05) is 0 Å². The van der Waals surface area contributed by atoms with E-state index in [1.165, 1.54) is 4.52 Å². The lowest BCUT2D eigenvalue weighted by atomic mass is 10.6. The van der Waals surface area contributed by atoms with Gasteiger partial charge in [0.2, 0.25) is 5.95 Å². The maximum absolute atomic E-state index is 5.32. The average molecular weight is 135 g/mol. The number of hydrogen-bond acceptors (Lipinski definition) is 4. The molecule has 0 aliphatic heterocycles. The average Bonchev–Trinajstić information content (AvgIpc) is 2.27. The number of fused-ring (bicyclic) bond motifs is 1. The Bertz CT molecular complexity index is 319. The van der Waals surface area contributed by atoms with Crippen LogP contribution >= 0.6 is 0 Å². The molecular formula is C5H5N5. The zero-order chi connectivity index (χ0) is 6.97. The minimum absolute atomic E-state index is 0.271. The zero-order valence-electron chi connectivity index (χ0n) is 5.10. The summed E-state index contributed by atoms with van der Waals surface area (Å²) in [7, 11) is 0. The molecule has 2 aromatic rings. The lowest BCUT2D eigenvalue weighted by Gasteiger charge is -1.83. The molecule has 0 bridgehead atoms. The monoisotopic (exact) mass is 135 g/mol. The summed E-state index contributed by atoms with van der Waals surface area (Å²) in [6.45, 7) is 0. The van der Waals surface area contributed by atoms with Crippen LogP contribution in [-0.2, 0) is 0 Å². The largest absolute Gasteiger partial charge is 0.366 e. The third-order valence-electron chi connectivity index (χ3n) is 1.16. The molecule has 0 fully saturated rings. The minimum atomic E-state index is 0.271. The number of nitrogens with two attached hydrogens (primary N) is 1. The van der Waals surface area contributed by atoms with E-state index >= 15 is 0 Å². The van der Waals surface area contributed by atoms with Crippen molar-refractivity contribution in [1.29, 1.82) is 0 Å². The number of hydrogen-bond donors (Lipinski definition) is 1. The van der Waals surface area contributed by atoms with Gasteiger partial charge in [-0.3, -0.25) is 0 Å². The Labute approximate surface area is 56.5 Å². The lowest BCUT2D eigenvalue weighted by molar-refractivity contribution is 0.927. The van der Waals surface area contributed by atoms with Crippen molar-refractivity contribution in [2.45, 2.75) is 0 Å². The van der Waals surface area contributed by atoms with Gasteiger partial charge in [0.15, 0.2) is 5.65 Å². The van der Waals surface area contributed by atoms with Crippen LogP contribution in [0.25, 0.3) is 5.65 Å². The van der Waals surface area contributed by atoms with Gasteiger partial charge in [0.05, 0.1) is 0 Å². The van der Waals surface area contributed by atoms with Crippen LogP contribution < -0.4 is 5.73 Å². The molecule has 0 amide bonds.